The van der Waals surface area contributed by atoms with E-state index in [4.69, 9.17) is 0 Å². The Labute approximate surface area is 165 Å². The molecule has 4 heteroatoms. The third-order valence-electron chi connectivity index (χ3n) is 6.15. The number of hydrogen-bond acceptors (Lipinski definition) is 1. The number of amides is 1. The second kappa shape index (κ2) is 7.78. The van der Waals surface area contributed by atoms with E-state index in [-0.39, 0.29) is 11.7 Å². The van der Waals surface area contributed by atoms with Crippen molar-refractivity contribution in [1.82, 2.24) is 9.88 Å². The molecule has 1 saturated heterocycles. The Morgan fingerprint density at radius 3 is 2.79 bits per heavy atom. The molecular weight excluding hydrogens is 351 g/mol. The number of piperidine rings is 1. The minimum absolute atomic E-state index is 0.00584. The largest absolute Gasteiger partial charge is 0.348 e. The highest BCUT2D eigenvalue weighted by Crippen LogP contribution is 2.27. The number of aromatic amines is 1. The zero-order chi connectivity index (χ0) is 19.7. The van der Waals surface area contributed by atoms with Crippen molar-refractivity contribution >= 4 is 16.8 Å². The number of benzene rings is 2. The van der Waals surface area contributed by atoms with Crippen LogP contribution >= 0.6 is 0 Å². The number of H-pyrrole nitrogens is 1. The zero-order valence-corrected chi connectivity index (χ0v) is 16.6. The lowest BCUT2D eigenvalue weighted by Gasteiger charge is -2.33. The molecule has 28 heavy (non-hydrogen) atoms. The van der Waals surface area contributed by atoms with Gasteiger partial charge in [0, 0.05) is 18.5 Å². The monoisotopic (exact) mass is 378 g/mol. The van der Waals surface area contributed by atoms with E-state index in [9.17, 15) is 9.18 Å². The van der Waals surface area contributed by atoms with Crippen molar-refractivity contribution in [3.8, 4) is 0 Å². The third kappa shape index (κ3) is 3.56. The van der Waals surface area contributed by atoms with Crippen molar-refractivity contribution < 1.29 is 9.18 Å². The number of carbonyl (C=O) groups is 1. The Kier molecular flexibility index (Phi) is 5.21. The summed E-state index contributed by atoms with van der Waals surface area (Å²) >= 11 is 0. The number of aryl methyl sites for hydroxylation is 3. The molecule has 1 aliphatic rings. The summed E-state index contributed by atoms with van der Waals surface area (Å²) in [5.74, 6) is 0.196. The number of rotatable bonds is 4. The summed E-state index contributed by atoms with van der Waals surface area (Å²) in [5, 5.41) is 0.788. The van der Waals surface area contributed by atoms with E-state index in [0.29, 0.717) is 17.1 Å². The first-order valence-electron chi connectivity index (χ1n) is 10.1. The number of halogens is 1. The summed E-state index contributed by atoms with van der Waals surface area (Å²) in [7, 11) is 0. The first kappa shape index (κ1) is 18.7. The molecular formula is C24H27FN2O. The predicted molar refractivity (Wildman–Crippen MR) is 111 cm³/mol. The normalized spacial score (nSPS) is 17.2. The third-order valence-corrected chi connectivity index (χ3v) is 6.15. The second-order valence-corrected chi connectivity index (χ2v) is 8.01. The van der Waals surface area contributed by atoms with E-state index in [2.05, 4.69) is 36.2 Å². The lowest BCUT2D eigenvalue weighted by molar-refractivity contribution is 0.0662. The Morgan fingerprint density at radius 1 is 1.18 bits per heavy atom. The van der Waals surface area contributed by atoms with E-state index in [1.54, 1.807) is 6.07 Å². The van der Waals surface area contributed by atoms with Crippen LogP contribution in [0.5, 0.6) is 0 Å². The standard InChI is InChI=1S/C24H27FN2O/c1-16-7-3-4-9-19(16)13-12-18-8-6-14-27(15-18)24(28)22-17(2)20-10-5-11-21(25)23(20)26-22/h3-5,7,9-11,18,26H,6,8,12-15H2,1-2H3/t18-/m0/s1. The molecule has 1 atom stereocenters. The van der Waals surface area contributed by atoms with Crippen molar-refractivity contribution in [1.29, 1.82) is 0 Å². The van der Waals surface area contributed by atoms with Gasteiger partial charge in [-0.2, -0.15) is 0 Å². The van der Waals surface area contributed by atoms with Gasteiger partial charge in [0.15, 0.2) is 0 Å². The van der Waals surface area contributed by atoms with Gasteiger partial charge in [-0.3, -0.25) is 4.79 Å². The van der Waals surface area contributed by atoms with Crippen LogP contribution in [0.2, 0.25) is 0 Å². The highest BCUT2D eigenvalue weighted by Gasteiger charge is 2.27. The molecule has 0 aliphatic carbocycles. The molecule has 1 aromatic heterocycles. The van der Waals surface area contributed by atoms with Crippen molar-refractivity contribution in [2.75, 3.05) is 13.1 Å². The summed E-state index contributed by atoms with van der Waals surface area (Å²) in [6.07, 6.45) is 4.33. The van der Waals surface area contributed by atoms with Crippen LogP contribution in [0.1, 0.15) is 46.4 Å². The van der Waals surface area contributed by atoms with Crippen LogP contribution in [0.25, 0.3) is 10.9 Å². The first-order chi connectivity index (χ1) is 13.5. The highest BCUT2D eigenvalue weighted by molar-refractivity contribution is 6.01. The SMILES string of the molecule is Cc1ccccc1CC[C@@H]1CCCN(C(=O)c2[nH]c3c(F)cccc3c2C)C1. The van der Waals surface area contributed by atoms with Gasteiger partial charge in [-0.25, -0.2) is 4.39 Å². The van der Waals surface area contributed by atoms with Crippen molar-refractivity contribution in [2.45, 2.75) is 39.5 Å². The molecule has 1 N–H and O–H groups in total. The molecule has 4 rings (SSSR count). The number of nitrogens with zero attached hydrogens (tertiary/aromatic N) is 1. The number of aromatic nitrogens is 1. The average Bonchev–Trinajstić information content (AvgIpc) is 3.05. The van der Waals surface area contributed by atoms with E-state index in [0.717, 1.165) is 49.7 Å². The van der Waals surface area contributed by atoms with Crippen LogP contribution in [0.15, 0.2) is 42.5 Å². The highest BCUT2D eigenvalue weighted by atomic mass is 19.1. The Bertz CT molecular complexity index is 1010. The van der Waals surface area contributed by atoms with Crippen LogP contribution in [-0.2, 0) is 6.42 Å². The van der Waals surface area contributed by atoms with Gasteiger partial charge in [-0.15, -0.1) is 0 Å². The molecule has 0 bridgehead atoms. The zero-order valence-electron chi connectivity index (χ0n) is 16.6. The lowest BCUT2D eigenvalue weighted by Crippen LogP contribution is -2.40. The number of likely N-dealkylation sites (tertiary alicyclic amines) is 1. The molecule has 0 radical (unpaired) electrons. The molecule has 2 aromatic carbocycles. The van der Waals surface area contributed by atoms with Gasteiger partial charge in [-0.05, 0) is 68.2 Å². The van der Waals surface area contributed by atoms with Gasteiger partial charge in [0.05, 0.1) is 5.52 Å². The van der Waals surface area contributed by atoms with E-state index < -0.39 is 0 Å². The molecule has 146 valence electrons. The van der Waals surface area contributed by atoms with Crippen LogP contribution in [0.4, 0.5) is 4.39 Å². The Morgan fingerprint density at radius 2 is 2.00 bits per heavy atom. The fraction of sp³-hybridized carbons (Fsp3) is 0.375. The molecule has 1 amide bonds. The smallest absolute Gasteiger partial charge is 0.270 e. The number of nitrogens with one attached hydrogen (secondary N) is 1. The summed E-state index contributed by atoms with van der Waals surface area (Å²) in [6.45, 7) is 5.61. The number of hydrogen-bond donors (Lipinski definition) is 1. The van der Waals surface area contributed by atoms with Gasteiger partial charge < -0.3 is 9.88 Å². The van der Waals surface area contributed by atoms with Crippen LogP contribution in [0, 0.1) is 25.6 Å². The maximum Gasteiger partial charge on any atom is 0.270 e. The summed E-state index contributed by atoms with van der Waals surface area (Å²) in [5.41, 5.74) is 4.52. The lowest BCUT2D eigenvalue weighted by atomic mass is 9.90. The summed E-state index contributed by atoms with van der Waals surface area (Å²) in [6, 6.07) is 13.5. The summed E-state index contributed by atoms with van der Waals surface area (Å²) < 4.78 is 14.1. The number of para-hydroxylation sites is 1. The quantitative estimate of drug-likeness (QED) is 0.647. The van der Waals surface area contributed by atoms with Crippen molar-refractivity contribution in [3.63, 3.8) is 0 Å². The van der Waals surface area contributed by atoms with Crippen LogP contribution < -0.4 is 0 Å². The first-order valence-corrected chi connectivity index (χ1v) is 10.1. The fourth-order valence-electron chi connectivity index (χ4n) is 4.42. The van der Waals surface area contributed by atoms with Gasteiger partial charge in [-0.1, -0.05) is 36.4 Å². The van der Waals surface area contributed by atoms with Gasteiger partial charge in [0.1, 0.15) is 11.5 Å². The van der Waals surface area contributed by atoms with Gasteiger partial charge in [0.2, 0.25) is 0 Å². The molecule has 1 fully saturated rings. The van der Waals surface area contributed by atoms with Crippen molar-refractivity contribution in [3.05, 3.63) is 70.7 Å². The molecule has 2 heterocycles. The Hall–Kier alpha value is -2.62. The van der Waals surface area contributed by atoms with Gasteiger partial charge in [0.25, 0.3) is 5.91 Å². The van der Waals surface area contributed by atoms with Crippen molar-refractivity contribution in [2.24, 2.45) is 5.92 Å². The maximum atomic E-state index is 14.1. The number of carbonyl (C=O) groups excluding carboxylic acids is 1. The minimum atomic E-state index is -0.311. The summed E-state index contributed by atoms with van der Waals surface area (Å²) in [4.78, 5) is 18.1. The fourth-order valence-corrected chi connectivity index (χ4v) is 4.42. The van der Waals surface area contributed by atoms with E-state index in [1.807, 2.05) is 17.9 Å². The van der Waals surface area contributed by atoms with E-state index in [1.165, 1.54) is 17.2 Å². The molecule has 3 aromatic rings. The maximum absolute atomic E-state index is 14.1. The molecule has 0 spiro atoms. The molecule has 0 unspecified atom stereocenters. The topological polar surface area (TPSA) is 36.1 Å². The minimum Gasteiger partial charge on any atom is -0.348 e. The average molecular weight is 378 g/mol. The molecule has 3 nitrogen and oxygen atoms in total. The predicted octanol–water partition coefficient (Wildman–Crippen LogP) is 5.41. The molecule has 1 aliphatic heterocycles. The number of fused-ring (bicyclic) bond motifs is 1. The Balaban J connectivity index is 1.47. The van der Waals surface area contributed by atoms with Gasteiger partial charge >= 0.3 is 0 Å². The van der Waals surface area contributed by atoms with E-state index >= 15 is 0 Å². The van der Waals surface area contributed by atoms with Crippen LogP contribution in [0.3, 0.4) is 0 Å². The van der Waals surface area contributed by atoms with Crippen LogP contribution in [-0.4, -0.2) is 28.9 Å². The molecule has 0 saturated carbocycles. The second-order valence-electron chi connectivity index (χ2n) is 8.01.